The first-order valence-corrected chi connectivity index (χ1v) is 8.64. The maximum absolute atomic E-state index is 12.6. The lowest BCUT2D eigenvalue weighted by molar-refractivity contribution is 0.0600. The lowest BCUT2D eigenvalue weighted by Crippen LogP contribution is -2.21. The minimum Gasteiger partial charge on any atom is -0.465 e. The monoisotopic (exact) mass is 376 g/mol. The third-order valence-electron chi connectivity index (χ3n) is 4.02. The molecule has 0 aliphatic carbocycles. The number of amides is 1. The predicted octanol–water partition coefficient (Wildman–Crippen LogP) is 3.15. The van der Waals surface area contributed by atoms with Gasteiger partial charge >= 0.3 is 5.97 Å². The van der Waals surface area contributed by atoms with Crippen LogP contribution >= 0.6 is 0 Å². The highest BCUT2D eigenvalue weighted by Gasteiger charge is 2.13. The molecule has 1 heterocycles. The van der Waals surface area contributed by atoms with Gasteiger partial charge < -0.3 is 15.0 Å². The molecule has 0 atom stereocenters. The third kappa shape index (κ3) is 4.70. The summed E-state index contributed by atoms with van der Waals surface area (Å²) < 4.78 is 4.69. The summed E-state index contributed by atoms with van der Waals surface area (Å²) >= 11 is 0. The van der Waals surface area contributed by atoms with Crippen molar-refractivity contribution < 1.29 is 14.3 Å². The number of carbonyl (C=O) groups excluding carboxylic acids is 2. The first-order chi connectivity index (χ1) is 13.6. The number of benzene rings is 2. The highest BCUT2D eigenvalue weighted by Crippen LogP contribution is 2.14. The standard InChI is InChI=1S/C21H20N4O3/c1-25(14-15-7-4-3-5-8-15)21-22-12-11-18(24-21)19(26)23-17-10-6-9-16(13-17)20(27)28-2/h3-13H,14H2,1-2H3,(H,23,26). The van der Waals surface area contributed by atoms with Crippen molar-refractivity contribution in [1.29, 1.82) is 0 Å². The van der Waals surface area contributed by atoms with Crippen LogP contribution in [0.3, 0.4) is 0 Å². The number of anilines is 2. The van der Waals surface area contributed by atoms with E-state index in [1.165, 1.54) is 7.11 Å². The van der Waals surface area contributed by atoms with Crippen molar-refractivity contribution in [2.24, 2.45) is 0 Å². The second-order valence-electron chi connectivity index (χ2n) is 6.11. The van der Waals surface area contributed by atoms with Crippen LogP contribution in [0.5, 0.6) is 0 Å². The SMILES string of the molecule is COC(=O)c1cccc(NC(=O)c2ccnc(N(C)Cc3ccccc3)n2)c1. The van der Waals surface area contributed by atoms with Crippen molar-refractivity contribution in [1.82, 2.24) is 9.97 Å². The maximum Gasteiger partial charge on any atom is 0.337 e. The molecule has 0 saturated heterocycles. The van der Waals surface area contributed by atoms with Gasteiger partial charge in [0.2, 0.25) is 5.95 Å². The fourth-order valence-corrected chi connectivity index (χ4v) is 2.62. The van der Waals surface area contributed by atoms with Crippen LogP contribution in [0.25, 0.3) is 0 Å². The smallest absolute Gasteiger partial charge is 0.337 e. The zero-order valence-electron chi connectivity index (χ0n) is 15.6. The Hall–Kier alpha value is -3.74. The lowest BCUT2D eigenvalue weighted by atomic mass is 10.2. The van der Waals surface area contributed by atoms with Crippen molar-refractivity contribution in [3.8, 4) is 0 Å². The number of hydrogen-bond donors (Lipinski definition) is 1. The van der Waals surface area contributed by atoms with Gasteiger partial charge in [0, 0.05) is 25.5 Å². The van der Waals surface area contributed by atoms with E-state index >= 15 is 0 Å². The zero-order valence-corrected chi connectivity index (χ0v) is 15.6. The van der Waals surface area contributed by atoms with Gasteiger partial charge in [-0.1, -0.05) is 36.4 Å². The number of ether oxygens (including phenoxy) is 1. The van der Waals surface area contributed by atoms with E-state index in [4.69, 9.17) is 4.74 Å². The van der Waals surface area contributed by atoms with Crippen LogP contribution in [0.15, 0.2) is 66.9 Å². The Bertz CT molecular complexity index is 976. The van der Waals surface area contributed by atoms with Crippen molar-refractivity contribution in [3.63, 3.8) is 0 Å². The van der Waals surface area contributed by atoms with E-state index in [-0.39, 0.29) is 5.69 Å². The molecular formula is C21H20N4O3. The maximum atomic E-state index is 12.6. The summed E-state index contributed by atoms with van der Waals surface area (Å²) in [5, 5.41) is 2.74. The molecule has 0 saturated carbocycles. The molecule has 0 aliphatic rings. The van der Waals surface area contributed by atoms with Crippen LogP contribution in [0, 0.1) is 0 Å². The molecule has 1 N–H and O–H groups in total. The summed E-state index contributed by atoms with van der Waals surface area (Å²) in [6, 6.07) is 18.0. The van der Waals surface area contributed by atoms with E-state index in [9.17, 15) is 9.59 Å². The predicted molar refractivity (Wildman–Crippen MR) is 106 cm³/mol. The van der Waals surface area contributed by atoms with E-state index in [2.05, 4.69) is 15.3 Å². The first kappa shape index (κ1) is 19.0. The van der Waals surface area contributed by atoms with Gasteiger partial charge in [0.1, 0.15) is 5.69 Å². The Labute approximate surface area is 163 Å². The van der Waals surface area contributed by atoms with Gasteiger partial charge in [0.25, 0.3) is 5.91 Å². The van der Waals surface area contributed by atoms with Gasteiger partial charge in [0.05, 0.1) is 12.7 Å². The first-order valence-electron chi connectivity index (χ1n) is 8.64. The number of aromatic nitrogens is 2. The Balaban J connectivity index is 1.73. The second-order valence-corrected chi connectivity index (χ2v) is 6.11. The number of nitrogens with one attached hydrogen (secondary N) is 1. The quantitative estimate of drug-likeness (QED) is 0.665. The number of rotatable bonds is 6. The Morgan fingerprint density at radius 3 is 2.61 bits per heavy atom. The summed E-state index contributed by atoms with van der Waals surface area (Å²) in [5.74, 6) is -0.415. The molecule has 142 valence electrons. The molecule has 1 amide bonds. The molecule has 1 aromatic heterocycles. The molecule has 7 heteroatoms. The average Bonchev–Trinajstić information content (AvgIpc) is 2.74. The van der Waals surface area contributed by atoms with Crippen LogP contribution in [0.2, 0.25) is 0 Å². The molecule has 0 bridgehead atoms. The van der Waals surface area contributed by atoms with Gasteiger partial charge in [-0.15, -0.1) is 0 Å². The fraction of sp³-hybridized carbons (Fsp3) is 0.143. The summed E-state index contributed by atoms with van der Waals surface area (Å²) in [6.45, 7) is 0.618. The summed E-state index contributed by atoms with van der Waals surface area (Å²) in [7, 11) is 3.17. The molecule has 0 fully saturated rings. The van der Waals surface area contributed by atoms with Gasteiger partial charge in [-0.25, -0.2) is 14.8 Å². The van der Waals surface area contributed by atoms with Gasteiger partial charge in [-0.3, -0.25) is 4.79 Å². The summed E-state index contributed by atoms with van der Waals surface area (Å²) in [6.07, 6.45) is 1.55. The normalized spacial score (nSPS) is 10.2. The largest absolute Gasteiger partial charge is 0.465 e. The summed E-state index contributed by atoms with van der Waals surface area (Å²) in [5.41, 5.74) is 2.17. The summed E-state index contributed by atoms with van der Waals surface area (Å²) in [4.78, 5) is 34.7. The minimum absolute atomic E-state index is 0.230. The number of methoxy groups -OCH3 is 1. The molecule has 28 heavy (non-hydrogen) atoms. The van der Waals surface area contributed by atoms with E-state index in [0.29, 0.717) is 23.7 Å². The van der Waals surface area contributed by atoms with Crippen LogP contribution in [-0.2, 0) is 11.3 Å². The fourth-order valence-electron chi connectivity index (χ4n) is 2.62. The van der Waals surface area contributed by atoms with Gasteiger partial charge in [-0.05, 0) is 29.8 Å². The number of hydrogen-bond acceptors (Lipinski definition) is 6. The number of esters is 1. The highest BCUT2D eigenvalue weighted by atomic mass is 16.5. The molecule has 3 rings (SSSR count). The van der Waals surface area contributed by atoms with Gasteiger partial charge in [-0.2, -0.15) is 0 Å². The van der Waals surface area contributed by atoms with E-state index in [1.54, 1.807) is 36.5 Å². The van der Waals surface area contributed by atoms with Gasteiger partial charge in [0.15, 0.2) is 0 Å². The van der Waals surface area contributed by atoms with Crippen LogP contribution in [-0.4, -0.2) is 36.0 Å². The molecule has 3 aromatic rings. The zero-order chi connectivity index (χ0) is 19.9. The molecular weight excluding hydrogens is 356 g/mol. The molecule has 0 radical (unpaired) electrons. The Morgan fingerprint density at radius 1 is 1.07 bits per heavy atom. The van der Waals surface area contributed by atoms with E-state index < -0.39 is 11.9 Å². The van der Waals surface area contributed by atoms with Crippen molar-refractivity contribution in [2.75, 3.05) is 24.4 Å². The highest BCUT2D eigenvalue weighted by molar-refractivity contribution is 6.03. The molecule has 0 aliphatic heterocycles. The van der Waals surface area contributed by atoms with E-state index in [1.807, 2.05) is 42.3 Å². The van der Waals surface area contributed by atoms with Crippen molar-refractivity contribution in [3.05, 3.63) is 83.7 Å². The van der Waals surface area contributed by atoms with Crippen molar-refractivity contribution in [2.45, 2.75) is 6.54 Å². The van der Waals surface area contributed by atoms with Crippen LogP contribution in [0.4, 0.5) is 11.6 Å². The topological polar surface area (TPSA) is 84.4 Å². The molecule has 2 aromatic carbocycles. The molecule has 7 nitrogen and oxygen atoms in total. The van der Waals surface area contributed by atoms with Crippen LogP contribution in [0.1, 0.15) is 26.4 Å². The Kier molecular flexibility index (Phi) is 5.96. The van der Waals surface area contributed by atoms with Crippen LogP contribution < -0.4 is 10.2 Å². The van der Waals surface area contributed by atoms with Crippen molar-refractivity contribution >= 4 is 23.5 Å². The lowest BCUT2D eigenvalue weighted by Gasteiger charge is -2.17. The second kappa shape index (κ2) is 8.77. The minimum atomic E-state index is -0.469. The molecule has 0 unspecified atom stereocenters. The number of nitrogens with zero attached hydrogens (tertiary/aromatic N) is 3. The molecule has 0 spiro atoms. The number of carbonyl (C=O) groups is 2. The Morgan fingerprint density at radius 2 is 1.86 bits per heavy atom. The third-order valence-corrected chi connectivity index (χ3v) is 4.02. The van der Waals surface area contributed by atoms with E-state index in [0.717, 1.165) is 5.56 Å². The average molecular weight is 376 g/mol.